The molecule has 2 aromatic carbocycles. The fourth-order valence-electron chi connectivity index (χ4n) is 1.89. The van der Waals surface area contributed by atoms with E-state index in [1.165, 1.54) is 6.20 Å². The quantitative estimate of drug-likeness (QED) is 0.719. The lowest BCUT2D eigenvalue weighted by molar-refractivity contribution is 0.103. The fourth-order valence-corrected chi connectivity index (χ4v) is 1.89. The van der Waals surface area contributed by atoms with Crippen LogP contribution in [0.3, 0.4) is 0 Å². The highest BCUT2D eigenvalue weighted by atomic mass is 16.5. The summed E-state index contributed by atoms with van der Waals surface area (Å²) in [6.07, 6.45) is 1.42. The second-order valence-electron chi connectivity index (χ2n) is 4.46. The number of ether oxygens (including phenoxy) is 1. The summed E-state index contributed by atoms with van der Waals surface area (Å²) in [4.78, 5) is 18.8. The largest absolute Gasteiger partial charge is 0.457 e. The molecular weight excluding hydrogens is 266 g/mol. The first-order valence-corrected chi connectivity index (χ1v) is 6.40. The highest BCUT2D eigenvalue weighted by Crippen LogP contribution is 2.21. The number of rotatable bonds is 4. The number of nitrogens with zero attached hydrogens (tertiary/aromatic N) is 1. The van der Waals surface area contributed by atoms with Gasteiger partial charge in [0.2, 0.25) is 5.78 Å². The van der Waals surface area contributed by atoms with Crippen molar-refractivity contribution >= 4 is 11.6 Å². The van der Waals surface area contributed by atoms with Gasteiger partial charge in [0.15, 0.2) is 5.82 Å². The van der Waals surface area contributed by atoms with Crippen molar-refractivity contribution in [2.45, 2.75) is 0 Å². The Morgan fingerprint density at radius 2 is 1.67 bits per heavy atom. The molecule has 0 amide bonds. The number of H-pyrrole nitrogens is 1. The molecule has 3 aromatic rings. The average Bonchev–Trinajstić information content (AvgIpc) is 2.95. The van der Waals surface area contributed by atoms with E-state index in [4.69, 9.17) is 10.5 Å². The van der Waals surface area contributed by atoms with Gasteiger partial charge in [-0.1, -0.05) is 18.2 Å². The van der Waals surface area contributed by atoms with E-state index in [9.17, 15) is 4.79 Å². The Bertz CT molecular complexity index is 749. The molecule has 0 aliphatic heterocycles. The molecule has 0 fully saturated rings. The monoisotopic (exact) mass is 279 g/mol. The van der Waals surface area contributed by atoms with Crippen LogP contribution in [0.2, 0.25) is 0 Å². The number of aromatic nitrogens is 2. The van der Waals surface area contributed by atoms with Gasteiger partial charge in [0.25, 0.3) is 0 Å². The van der Waals surface area contributed by atoms with Gasteiger partial charge in [-0.2, -0.15) is 0 Å². The first-order valence-electron chi connectivity index (χ1n) is 6.40. The Hall–Kier alpha value is -3.08. The van der Waals surface area contributed by atoms with E-state index >= 15 is 0 Å². The van der Waals surface area contributed by atoms with Crippen LogP contribution in [0, 0.1) is 0 Å². The summed E-state index contributed by atoms with van der Waals surface area (Å²) in [5.74, 6) is 1.79. The van der Waals surface area contributed by atoms with Crippen LogP contribution in [0.5, 0.6) is 11.5 Å². The van der Waals surface area contributed by atoms with E-state index in [0.29, 0.717) is 17.1 Å². The lowest BCUT2D eigenvalue weighted by Gasteiger charge is -2.05. The predicted molar refractivity (Wildman–Crippen MR) is 79.4 cm³/mol. The van der Waals surface area contributed by atoms with E-state index < -0.39 is 0 Å². The van der Waals surface area contributed by atoms with Crippen molar-refractivity contribution in [3.8, 4) is 11.5 Å². The van der Waals surface area contributed by atoms with E-state index in [-0.39, 0.29) is 11.6 Å². The summed E-state index contributed by atoms with van der Waals surface area (Å²) in [7, 11) is 0. The molecule has 3 N–H and O–H groups in total. The number of carbonyl (C=O) groups excluding carboxylic acids is 1. The van der Waals surface area contributed by atoms with Gasteiger partial charge in [-0.3, -0.25) is 4.79 Å². The highest BCUT2D eigenvalue weighted by molar-refractivity contribution is 6.06. The molecule has 0 unspecified atom stereocenters. The number of nitrogens with two attached hydrogens (primary N) is 1. The van der Waals surface area contributed by atoms with E-state index in [1.807, 2.05) is 30.3 Å². The van der Waals surface area contributed by atoms with Gasteiger partial charge in [-0.15, -0.1) is 0 Å². The first kappa shape index (κ1) is 12.9. The van der Waals surface area contributed by atoms with Gasteiger partial charge in [0, 0.05) is 5.56 Å². The smallest absolute Gasteiger partial charge is 0.228 e. The zero-order chi connectivity index (χ0) is 14.7. The van der Waals surface area contributed by atoms with Crippen molar-refractivity contribution in [2.75, 3.05) is 5.73 Å². The summed E-state index contributed by atoms with van der Waals surface area (Å²) in [6, 6.07) is 16.3. The molecule has 0 saturated carbocycles. The number of nitrogen functional groups attached to an aromatic ring is 1. The van der Waals surface area contributed by atoms with E-state index in [1.54, 1.807) is 24.3 Å². The summed E-state index contributed by atoms with van der Waals surface area (Å²) >= 11 is 0. The van der Waals surface area contributed by atoms with Crippen LogP contribution in [0.4, 0.5) is 5.82 Å². The molecule has 1 heterocycles. The Balaban J connectivity index is 1.76. The van der Waals surface area contributed by atoms with Crippen molar-refractivity contribution in [3.05, 3.63) is 72.2 Å². The summed E-state index contributed by atoms with van der Waals surface area (Å²) < 4.78 is 5.67. The van der Waals surface area contributed by atoms with Crippen LogP contribution in [-0.2, 0) is 0 Å². The van der Waals surface area contributed by atoms with Gasteiger partial charge in [0.1, 0.15) is 17.3 Å². The van der Waals surface area contributed by atoms with Crippen LogP contribution in [0.15, 0.2) is 60.8 Å². The third-order valence-corrected chi connectivity index (χ3v) is 2.91. The summed E-state index contributed by atoms with van der Waals surface area (Å²) in [6.45, 7) is 0. The van der Waals surface area contributed by atoms with E-state index in [0.717, 1.165) is 5.75 Å². The van der Waals surface area contributed by atoms with E-state index in [2.05, 4.69) is 9.97 Å². The van der Waals surface area contributed by atoms with Gasteiger partial charge >= 0.3 is 0 Å². The van der Waals surface area contributed by atoms with Crippen LogP contribution in [-0.4, -0.2) is 15.8 Å². The van der Waals surface area contributed by atoms with Crippen molar-refractivity contribution in [2.24, 2.45) is 0 Å². The lowest BCUT2D eigenvalue weighted by Crippen LogP contribution is -2.03. The van der Waals surface area contributed by atoms with Gasteiger partial charge in [-0.05, 0) is 36.4 Å². The molecule has 5 nitrogen and oxygen atoms in total. The Morgan fingerprint density at radius 3 is 2.29 bits per heavy atom. The number of ketones is 1. The number of para-hydroxylation sites is 1. The fraction of sp³-hybridized carbons (Fsp3) is 0. The Morgan fingerprint density at radius 1 is 1.00 bits per heavy atom. The molecule has 5 heteroatoms. The number of imidazole rings is 1. The van der Waals surface area contributed by atoms with Crippen molar-refractivity contribution in [1.82, 2.24) is 9.97 Å². The molecule has 1 aromatic heterocycles. The van der Waals surface area contributed by atoms with Crippen LogP contribution >= 0.6 is 0 Å². The first-order chi connectivity index (χ1) is 10.2. The molecular formula is C16H13N3O2. The van der Waals surface area contributed by atoms with Gasteiger partial charge in [-0.25, -0.2) is 4.98 Å². The molecule has 21 heavy (non-hydrogen) atoms. The minimum atomic E-state index is -0.210. The third kappa shape index (κ3) is 2.92. The minimum absolute atomic E-state index is 0.210. The molecule has 0 atom stereocenters. The number of aromatic amines is 1. The third-order valence-electron chi connectivity index (χ3n) is 2.91. The second kappa shape index (κ2) is 5.50. The number of hydrogen-bond donors (Lipinski definition) is 2. The molecule has 3 rings (SSSR count). The summed E-state index contributed by atoms with van der Waals surface area (Å²) in [5.41, 5.74) is 6.03. The number of benzene rings is 2. The lowest BCUT2D eigenvalue weighted by atomic mass is 10.1. The normalized spacial score (nSPS) is 10.3. The van der Waals surface area contributed by atoms with Gasteiger partial charge < -0.3 is 15.5 Å². The number of hydrogen-bond acceptors (Lipinski definition) is 4. The SMILES string of the molecule is Nc1cnc(C(=O)c2ccc(Oc3ccccc3)cc2)[nH]1. The Labute approximate surface area is 121 Å². The van der Waals surface area contributed by atoms with Crippen LogP contribution in [0.25, 0.3) is 0 Å². The highest BCUT2D eigenvalue weighted by Gasteiger charge is 2.12. The van der Waals surface area contributed by atoms with Crippen molar-refractivity contribution < 1.29 is 9.53 Å². The molecule has 0 radical (unpaired) electrons. The van der Waals surface area contributed by atoms with Gasteiger partial charge in [0.05, 0.1) is 6.20 Å². The topological polar surface area (TPSA) is 81.0 Å². The summed E-state index contributed by atoms with van der Waals surface area (Å²) in [5, 5.41) is 0. The van der Waals surface area contributed by atoms with Crippen LogP contribution < -0.4 is 10.5 Å². The maximum Gasteiger partial charge on any atom is 0.228 e. The minimum Gasteiger partial charge on any atom is -0.457 e. The maximum absolute atomic E-state index is 12.1. The molecule has 0 aliphatic rings. The number of carbonyl (C=O) groups is 1. The molecule has 0 spiro atoms. The van der Waals surface area contributed by atoms with Crippen molar-refractivity contribution in [3.63, 3.8) is 0 Å². The molecule has 0 aliphatic carbocycles. The van der Waals surface area contributed by atoms with Crippen molar-refractivity contribution in [1.29, 1.82) is 0 Å². The van der Waals surface area contributed by atoms with Crippen LogP contribution in [0.1, 0.15) is 16.2 Å². The zero-order valence-electron chi connectivity index (χ0n) is 11.1. The molecule has 0 bridgehead atoms. The maximum atomic E-state index is 12.1. The molecule has 104 valence electrons. The second-order valence-corrected chi connectivity index (χ2v) is 4.46. The predicted octanol–water partition coefficient (Wildman–Crippen LogP) is 3.02. The number of anilines is 1. The average molecular weight is 279 g/mol. The Kier molecular flexibility index (Phi) is 3.39. The zero-order valence-corrected chi connectivity index (χ0v) is 11.1. The standard InChI is InChI=1S/C16H13N3O2/c17-14-10-18-16(19-14)15(20)11-6-8-13(9-7-11)21-12-4-2-1-3-5-12/h1-10H,17H2,(H,18,19). The molecule has 0 saturated heterocycles. The number of nitrogens with one attached hydrogen (secondary N) is 1.